The molecule has 0 saturated carbocycles. The van der Waals surface area contributed by atoms with Gasteiger partial charge >= 0.3 is 6.03 Å². The van der Waals surface area contributed by atoms with E-state index in [0.29, 0.717) is 0 Å². The molecule has 1 fully saturated rings. The van der Waals surface area contributed by atoms with Gasteiger partial charge in [0.25, 0.3) is 0 Å². The molecule has 1 aliphatic rings. The highest BCUT2D eigenvalue weighted by Crippen LogP contribution is 2.10. The molecular formula is C9H12N2O4. The summed E-state index contributed by atoms with van der Waals surface area (Å²) >= 11 is 0. The zero-order valence-corrected chi connectivity index (χ0v) is 8.49. The number of ketones is 1. The third-order valence-electron chi connectivity index (χ3n) is 1.93. The normalized spacial score (nSPS) is 17.7. The number of barbiturate groups is 1. The van der Waals surface area contributed by atoms with E-state index < -0.39 is 29.5 Å². The summed E-state index contributed by atoms with van der Waals surface area (Å²) in [6, 6.07) is -0.876. The van der Waals surface area contributed by atoms with Crippen LogP contribution in [-0.2, 0) is 14.4 Å². The number of rotatable bonds is 3. The summed E-state index contributed by atoms with van der Waals surface area (Å²) in [5.41, 5.74) is 0. The van der Waals surface area contributed by atoms with Gasteiger partial charge < -0.3 is 0 Å². The van der Waals surface area contributed by atoms with Gasteiger partial charge in [-0.1, -0.05) is 13.8 Å². The van der Waals surface area contributed by atoms with E-state index in [0.717, 1.165) is 0 Å². The Labute approximate surface area is 86.4 Å². The molecule has 0 unspecified atom stereocenters. The summed E-state index contributed by atoms with van der Waals surface area (Å²) in [6.45, 7) is 3.61. The molecule has 82 valence electrons. The molecule has 0 aromatic carbocycles. The molecule has 6 nitrogen and oxygen atoms in total. The number of Topliss-reactive ketones (excluding diaryl/α,β-unsaturated/α-hetero) is 1. The van der Waals surface area contributed by atoms with Crippen LogP contribution in [-0.4, -0.2) is 23.6 Å². The summed E-state index contributed by atoms with van der Waals surface area (Å²) in [5, 5.41) is 3.77. The van der Waals surface area contributed by atoms with Gasteiger partial charge in [0.05, 0.1) is 0 Å². The standard InChI is InChI=1S/C9H12N2O4/c1-4(2)3-5(12)6-7(13)10-9(15)11-8(6)14/h4,6H,3H2,1-2H3,(H2,10,11,13,14,15). The maximum absolute atomic E-state index is 11.5. The van der Waals surface area contributed by atoms with Gasteiger partial charge in [-0.3, -0.25) is 25.0 Å². The molecule has 0 radical (unpaired) electrons. The van der Waals surface area contributed by atoms with Crippen molar-refractivity contribution < 1.29 is 19.2 Å². The fourth-order valence-corrected chi connectivity index (χ4v) is 1.33. The third-order valence-corrected chi connectivity index (χ3v) is 1.93. The minimum Gasteiger partial charge on any atom is -0.298 e. The van der Waals surface area contributed by atoms with Crippen LogP contribution in [0.2, 0.25) is 0 Å². The first kappa shape index (κ1) is 11.4. The van der Waals surface area contributed by atoms with Gasteiger partial charge in [-0.05, 0) is 5.92 Å². The van der Waals surface area contributed by atoms with Gasteiger partial charge in [0.2, 0.25) is 11.8 Å². The summed E-state index contributed by atoms with van der Waals surface area (Å²) in [4.78, 5) is 44.7. The molecule has 0 bridgehead atoms. The highest BCUT2D eigenvalue weighted by atomic mass is 16.2. The van der Waals surface area contributed by atoms with Crippen molar-refractivity contribution in [3.8, 4) is 0 Å². The van der Waals surface area contributed by atoms with Crippen LogP contribution >= 0.6 is 0 Å². The van der Waals surface area contributed by atoms with Crippen LogP contribution in [0.3, 0.4) is 0 Å². The Balaban J connectivity index is 2.76. The fraction of sp³-hybridized carbons (Fsp3) is 0.556. The number of carbonyl (C=O) groups is 4. The van der Waals surface area contributed by atoms with Crippen LogP contribution in [0.1, 0.15) is 20.3 Å². The second-order valence-electron chi connectivity index (χ2n) is 3.80. The van der Waals surface area contributed by atoms with Crippen LogP contribution in [0.5, 0.6) is 0 Å². The second-order valence-corrected chi connectivity index (χ2v) is 3.80. The van der Waals surface area contributed by atoms with E-state index >= 15 is 0 Å². The van der Waals surface area contributed by atoms with Crippen molar-refractivity contribution >= 4 is 23.6 Å². The number of urea groups is 1. The summed E-state index contributed by atoms with van der Waals surface area (Å²) in [7, 11) is 0. The Morgan fingerprint density at radius 3 is 2.07 bits per heavy atom. The van der Waals surface area contributed by atoms with Crippen molar-refractivity contribution in [3.05, 3.63) is 0 Å². The Morgan fingerprint density at radius 2 is 1.67 bits per heavy atom. The van der Waals surface area contributed by atoms with Crippen LogP contribution < -0.4 is 10.6 Å². The molecule has 0 aliphatic carbocycles. The molecule has 0 aromatic rings. The van der Waals surface area contributed by atoms with Crippen molar-refractivity contribution in [1.29, 1.82) is 0 Å². The summed E-state index contributed by atoms with van der Waals surface area (Å²) in [5.74, 6) is -3.46. The molecule has 0 spiro atoms. The quantitative estimate of drug-likeness (QED) is 0.621. The van der Waals surface area contributed by atoms with Gasteiger partial charge in [0.15, 0.2) is 11.7 Å². The average Bonchev–Trinajstić information content (AvgIpc) is 1.99. The number of amides is 4. The first-order chi connectivity index (χ1) is 6.91. The summed E-state index contributed by atoms with van der Waals surface area (Å²) < 4.78 is 0. The highest BCUT2D eigenvalue weighted by molar-refractivity contribution is 6.26. The minimum atomic E-state index is -1.38. The predicted molar refractivity (Wildman–Crippen MR) is 49.6 cm³/mol. The number of hydrogen-bond donors (Lipinski definition) is 2. The molecule has 0 atom stereocenters. The van der Waals surface area contributed by atoms with E-state index in [4.69, 9.17) is 0 Å². The Morgan fingerprint density at radius 1 is 1.20 bits per heavy atom. The van der Waals surface area contributed by atoms with Crippen LogP contribution in [0.25, 0.3) is 0 Å². The molecule has 0 aromatic heterocycles. The molecule has 2 N–H and O–H groups in total. The molecule has 1 saturated heterocycles. The SMILES string of the molecule is CC(C)CC(=O)C1C(=O)NC(=O)NC1=O. The van der Waals surface area contributed by atoms with Crippen LogP contribution in [0, 0.1) is 11.8 Å². The van der Waals surface area contributed by atoms with Crippen molar-refractivity contribution in [2.24, 2.45) is 11.8 Å². The number of carbonyl (C=O) groups excluding carboxylic acids is 4. The molecule has 15 heavy (non-hydrogen) atoms. The maximum Gasteiger partial charge on any atom is 0.328 e. The summed E-state index contributed by atoms with van der Waals surface area (Å²) in [6.07, 6.45) is 0.139. The molecule has 1 heterocycles. The van der Waals surface area contributed by atoms with E-state index in [1.165, 1.54) is 0 Å². The largest absolute Gasteiger partial charge is 0.328 e. The van der Waals surface area contributed by atoms with E-state index in [2.05, 4.69) is 0 Å². The van der Waals surface area contributed by atoms with E-state index in [1.807, 2.05) is 24.5 Å². The van der Waals surface area contributed by atoms with E-state index in [1.54, 1.807) is 0 Å². The number of nitrogens with one attached hydrogen (secondary N) is 2. The van der Waals surface area contributed by atoms with Crippen molar-refractivity contribution in [2.75, 3.05) is 0 Å². The van der Waals surface area contributed by atoms with Crippen molar-refractivity contribution in [1.82, 2.24) is 10.6 Å². The van der Waals surface area contributed by atoms with E-state index in [9.17, 15) is 19.2 Å². The Hall–Kier alpha value is -1.72. The maximum atomic E-state index is 11.5. The van der Waals surface area contributed by atoms with Gasteiger partial charge in [0.1, 0.15) is 0 Å². The van der Waals surface area contributed by atoms with Gasteiger partial charge in [-0.25, -0.2) is 4.79 Å². The Kier molecular flexibility index (Phi) is 3.18. The fourth-order valence-electron chi connectivity index (χ4n) is 1.33. The monoisotopic (exact) mass is 212 g/mol. The zero-order chi connectivity index (χ0) is 11.6. The lowest BCUT2D eigenvalue weighted by Gasteiger charge is -2.19. The Bertz CT molecular complexity index is 315. The second kappa shape index (κ2) is 4.20. The number of imide groups is 2. The molecule has 1 rings (SSSR count). The molecule has 4 amide bonds. The van der Waals surface area contributed by atoms with Crippen molar-refractivity contribution in [2.45, 2.75) is 20.3 Å². The predicted octanol–water partition coefficient (Wildman–Crippen LogP) is -0.416. The van der Waals surface area contributed by atoms with Crippen LogP contribution in [0.4, 0.5) is 4.79 Å². The van der Waals surface area contributed by atoms with Crippen LogP contribution in [0.15, 0.2) is 0 Å². The lowest BCUT2D eigenvalue weighted by Crippen LogP contribution is -2.58. The average molecular weight is 212 g/mol. The van der Waals surface area contributed by atoms with E-state index in [-0.39, 0.29) is 12.3 Å². The first-order valence-corrected chi connectivity index (χ1v) is 4.60. The van der Waals surface area contributed by atoms with Gasteiger partial charge in [0, 0.05) is 6.42 Å². The van der Waals surface area contributed by atoms with Gasteiger partial charge in [-0.15, -0.1) is 0 Å². The smallest absolute Gasteiger partial charge is 0.298 e. The lowest BCUT2D eigenvalue weighted by atomic mass is 9.94. The molecule has 6 heteroatoms. The number of hydrogen-bond acceptors (Lipinski definition) is 4. The lowest BCUT2D eigenvalue weighted by molar-refractivity contribution is -0.142. The zero-order valence-electron chi connectivity index (χ0n) is 8.49. The highest BCUT2D eigenvalue weighted by Gasteiger charge is 2.39. The topological polar surface area (TPSA) is 92.3 Å². The minimum absolute atomic E-state index is 0.0655. The van der Waals surface area contributed by atoms with Crippen molar-refractivity contribution in [3.63, 3.8) is 0 Å². The van der Waals surface area contributed by atoms with Gasteiger partial charge in [-0.2, -0.15) is 0 Å². The third kappa shape index (κ3) is 2.61. The first-order valence-electron chi connectivity index (χ1n) is 4.60. The molecular weight excluding hydrogens is 200 g/mol. The molecule has 1 aliphatic heterocycles.